The van der Waals surface area contributed by atoms with Crippen LogP contribution in [0.15, 0.2) is 24.3 Å². The van der Waals surface area contributed by atoms with Crippen molar-refractivity contribution in [3.8, 4) is 5.75 Å². The Morgan fingerprint density at radius 2 is 2.00 bits per heavy atom. The molecule has 1 N–H and O–H groups in total. The molecular formula is C15H22N2O3. The molecule has 1 atom stereocenters. The molecule has 1 saturated carbocycles. The second kappa shape index (κ2) is 7.24. The van der Waals surface area contributed by atoms with Crippen molar-refractivity contribution in [3.63, 3.8) is 0 Å². The highest BCUT2D eigenvalue weighted by Gasteiger charge is 2.20. The van der Waals surface area contributed by atoms with Crippen molar-refractivity contribution in [1.82, 2.24) is 5.32 Å². The Morgan fingerprint density at radius 1 is 1.35 bits per heavy atom. The van der Waals surface area contributed by atoms with E-state index in [1.165, 1.54) is 37.8 Å². The first kappa shape index (κ1) is 14.8. The average molecular weight is 278 g/mol. The van der Waals surface area contributed by atoms with Crippen LogP contribution in [0.25, 0.3) is 0 Å². The van der Waals surface area contributed by atoms with Gasteiger partial charge in [-0.3, -0.25) is 10.1 Å². The number of non-ortho nitro benzene ring substituents is 1. The first-order chi connectivity index (χ1) is 9.66. The summed E-state index contributed by atoms with van der Waals surface area (Å²) in [7, 11) is 0. The van der Waals surface area contributed by atoms with Gasteiger partial charge in [0.2, 0.25) is 0 Å². The van der Waals surface area contributed by atoms with Crippen LogP contribution in [0.5, 0.6) is 5.75 Å². The zero-order chi connectivity index (χ0) is 14.4. The number of rotatable bonds is 7. The van der Waals surface area contributed by atoms with E-state index in [0.29, 0.717) is 18.4 Å². The van der Waals surface area contributed by atoms with Crippen LogP contribution in [0.4, 0.5) is 5.69 Å². The van der Waals surface area contributed by atoms with Crippen molar-refractivity contribution in [2.24, 2.45) is 5.92 Å². The second-order valence-corrected chi connectivity index (χ2v) is 5.39. The number of hydrogen-bond donors (Lipinski definition) is 1. The van der Waals surface area contributed by atoms with Crippen molar-refractivity contribution >= 4 is 5.69 Å². The van der Waals surface area contributed by atoms with E-state index >= 15 is 0 Å². The number of ether oxygens (including phenoxy) is 1. The first-order valence-electron chi connectivity index (χ1n) is 7.27. The molecule has 1 unspecified atom stereocenters. The Morgan fingerprint density at radius 3 is 2.60 bits per heavy atom. The summed E-state index contributed by atoms with van der Waals surface area (Å²) in [6.07, 6.45) is 5.38. The van der Waals surface area contributed by atoms with E-state index in [-0.39, 0.29) is 5.69 Å². The highest BCUT2D eigenvalue weighted by atomic mass is 16.6. The van der Waals surface area contributed by atoms with E-state index in [9.17, 15) is 10.1 Å². The lowest BCUT2D eigenvalue weighted by Crippen LogP contribution is -2.35. The largest absolute Gasteiger partial charge is 0.492 e. The highest BCUT2D eigenvalue weighted by molar-refractivity contribution is 5.35. The Hall–Kier alpha value is -1.62. The van der Waals surface area contributed by atoms with E-state index < -0.39 is 4.92 Å². The molecule has 1 aromatic rings. The number of nitro benzene ring substituents is 1. The minimum atomic E-state index is -0.408. The van der Waals surface area contributed by atoms with Crippen LogP contribution in [-0.2, 0) is 0 Å². The van der Waals surface area contributed by atoms with Crippen LogP contribution in [0, 0.1) is 16.0 Å². The van der Waals surface area contributed by atoms with Gasteiger partial charge in [0, 0.05) is 24.7 Å². The molecule has 1 aromatic carbocycles. The van der Waals surface area contributed by atoms with Gasteiger partial charge in [-0.2, -0.15) is 0 Å². The fourth-order valence-corrected chi connectivity index (χ4v) is 2.74. The molecule has 0 spiro atoms. The molecule has 1 aliphatic rings. The monoisotopic (exact) mass is 278 g/mol. The zero-order valence-electron chi connectivity index (χ0n) is 11.9. The molecule has 0 amide bonds. The van der Waals surface area contributed by atoms with Crippen LogP contribution in [0.3, 0.4) is 0 Å². The van der Waals surface area contributed by atoms with E-state index in [1.807, 2.05) is 0 Å². The lowest BCUT2D eigenvalue weighted by Gasteiger charge is -2.20. The number of nitro groups is 1. The van der Waals surface area contributed by atoms with Gasteiger partial charge in [-0.1, -0.05) is 12.8 Å². The van der Waals surface area contributed by atoms with Crippen molar-refractivity contribution in [1.29, 1.82) is 0 Å². The molecule has 1 fully saturated rings. The van der Waals surface area contributed by atoms with Crippen LogP contribution in [0.2, 0.25) is 0 Å². The third kappa shape index (κ3) is 4.20. The normalized spacial score (nSPS) is 17.1. The smallest absolute Gasteiger partial charge is 0.269 e. The molecule has 0 aromatic heterocycles. The van der Waals surface area contributed by atoms with Crippen LogP contribution in [-0.4, -0.2) is 24.1 Å². The minimum absolute atomic E-state index is 0.0883. The zero-order valence-corrected chi connectivity index (χ0v) is 11.9. The molecule has 110 valence electrons. The third-order valence-electron chi connectivity index (χ3n) is 3.99. The highest BCUT2D eigenvalue weighted by Crippen LogP contribution is 2.27. The maximum atomic E-state index is 10.5. The van der Waals surface area contributed by atoms with Gasteiger partial charge in [0.05, 0.1) is 4.92 Å². The van der Waals surface area contributed by atoms with Crippen LogP contribution >= 0.6 is 0 Å². The predicted molar refractivity (Wildman–Crippen MR) is 78.0 cm³/mol. The quantitative estimate of drug-likeness (QED) is 0.473. The first-order valence-corrected chi connectivity index (χ1v) is 7.27. The van der Waals surface area contributed by atoms with Gasteiger partial charge in [-0.15, -0.1) is 0 Å². The van der Waals surface area contributed by atoms with E-state index in [0.717, 1.165) is 12.5 Å². The summed E-state index contributed by atoms with van der Waals surface area (Å²) in [6, 6.07) is 6.74. The third-order valence-corrected chi connectivity index (χ3v) is 3.99. The Bertz CT molecular complexity index is 427. The van der Waals surface area contributed by atoms with Gasteiger partial charge >= 0.3 is 0 Å². The maximum Gasteiger partial charge on any atom is 0.269 e. The van der Waals surface area contributed by atoms with E-state index in [1.54, 1.807) is 12.1 Å². The lowest BCUT2D eigenvalue weighted by atomic mass is 10.00. The van der Waals surface area contributed by atoms with Gasteiger partial charge in [0.1, 0.15) is 12.4 Å². The summed E-state index contributed by atoms with van der Waals surface area (Å²) in [5, 5.41) is 14.0. The number of hydrogen-bond acceptors (Lipinski definition) is 4. The minimum Gasteiger partial charge on any atom is -0.492 e. The molecule has 5 nitrogen and oxygen atoms in total. The molecule has 2 rings (SSSR count). The molecular weight excluding hydrogens is 256 g/mol. The summed E-state index contributed by atoms with van der Waals surface area (Å²) in [6.45, 7) is 3.62. The van der Waals surface area contributed by atoms with E-state index in [4.69, 9.17) is 4.74 Å². The molecule has 0 bridgehead atoms. The predicted octanol–water partition coefficient (Wildman–Crippen LogP) is 3.14. The number of nitrogens with one attached hydrogen (secondary N) is 1. The number of nitrogens with zero attached hydrogens (tertiary/aromatic N) is 1. The molecule has 1 aliphatic carbocycles. The SMILES string of the molecule is CC(NCCOc1ccc([N+](=O)[O-])cc1)C1CCCC1. The fraction of sp³-hybridized carbons (Fsp3) is 0.600. The summed E-state index contributed by atoms with van der Waals surface area (Å²) >= 11 is 0. The second-order valence-electron chi connectivity index (χ2n) is 5.39. The summed E-state index contributed by atoms with van der Waals surface area (Å²) in [5.74, 6) is 1.47. The van der Waals surface area contributed by atoms with Crippen molar-refractivity contribution in [3.05, 3.63) is 34.4 Å². The molecule has 0 saturated heterocycles. The molecule has 0 radical (unpaired) electrons. The van der Waals surface area contributed by atoms with Gasteiger partial charge in [0.25, 0.3) is 5.69 Å². The summed E-state index contributed by atoms with van der Waals surface area (Å²) in [5.41, 5.74) is 0.0883. The molecule has 0 aliphatic heterocycles. The fourth-order valence-electron chi connectivity index (χ4n) is 2.74. The Balaban J connectivity index is 1.66. The topological polar surface area (TPSA) is 64.4 Å². The van der Waals surface area contributed by atoms with E-state index in [2.05, 4.69) is 12.2 Å². The molecule has 5 heteroatoms. The van der Waals surface area contributed by atoms with Crippen molar-refractivity contribution < 1.29 is 9.66 Å². The van der Waals surface area contributed by atoms with Crippen molar-refractivity contribution in [2.75, 3.05) is 13.2 Å². The average Bonchev–Trinajstić information content (AvgIpc) is 2.98. The van der Waals surface area contributed by atoms with Gasteiger partial charge in [0.15, 0.2) is 0 Å². The summed E-state index contributed by atoms with van der Waals surface area (Å²) in [4.78, 5) is 10.1. The van der Waals surface area contributed by atoms with Crippen LogP contribution in [0.1, 0.15) is 32.6 Å². The lowest BCUT2D eigenvalue weighted by molar-refractivity contribution is -0.384. The van der Waals surface area contributed by atoms with Gasteiger partial charge in [-0.25, -0.2) is 0 Å². The number of benzene rings is 1. The Labute approximate surface area is 119 Å². The van der Waals surface area contributed by atoms with Crippen molar-refractivity contribution in [2.45, 2.75) is 38.6 Å². The van der Waals surface area contributed by atoms with Gasteiger partial charge in [-0.05, 0) is 37.8 Å². The molecule has 20 heavy (non-hydrogen) atoms. The van der Waals surface area contributed by atoms with Gasteiger partial charge < -0.3 is 10.1 Å². The maximum absolute atomic E-state index is 10.5. The Kier molecular flexibility index (Phi) is 5.35. The summed E-state index contributed by atoms with van der Waals surface area (Å²) < 4.78 is 5.57. The standard InChI is InChI=1S/C15H22N2O3/c1-12(13-4-2-3-5-13)16-10-11-20-15-8-6-14(7-9-15)17(18)19/h6-9,12-13,16H,2-5,10-11H2,1H3. The molecule has 0 heterocycles. The van der Waals surface area contributed by atoms with Crippen LogP contribution < -0.4 is 10.1 Å².